The molecule has 0 aliphatic carbocycles. The zero-order valence-electron chi connectivity index (χ0n) is 11.9. The lowest BCUT2D eigenvalue weighted by Gasteiger charge is -2.37. The largest absolute Gasteiger partial charge is 0.362 e. The number of fused-ring (bicyclic) bond motifs is 1. The van der Waals surface area contributed by atoms with Gasteiger partial charge in [0.05, 0.1) is 11.3 Å². The summed E-state index contributed by atoms with van der Waals surface area (Å²) in [5.74, 6) is 0.000139. The van der Waals surface area contributed by atoms with Gasteiger partial charge in [-0.1, -0.05) is 30.3 Å². The Labute approximate surface area is 128 Å². The van der Waals surface area contributed by atoms with Crippen LogP contribution in [0.15, 0.2) is 72.9 Å². The van der Waals surface area contributed by atoms with Crippen molar-refractivity contribution in [1.29, 1.82) is 0 Å². The van der Waals surface area contributed by atoms with E-state index >= 15 is 0 Å². The van der Waals surface area contributed by atoms with Crippen molar-refractivity contribution in [2.24, 2.45) is 0 Å². The summed E-state index contributed by atoms with van der Waals surface area (Å²) in [4.78, 5) is 18.0. The molecule has 1 unspecified atom stereocenters. The number of amides is 1. The van der Waals surface area contributed by atoms with Crippen LogP contribution >= 0.6 is 0 Å². The maximum atomic E-state index is 13.0. The number of hydrogen-bond donors (Lipinski definition) is 2. The van der Waals surface area contributed by atoms with Crippen molar-refractivity contribution >= 4 is 17.3 Å². The predicted molar refractivity (Wildman–Crippen MR) is 86.8 cm³/mol. The lowest BCUT2D eigenvalue weighted by atomic mass is 10.1. The summed E-state index contributed by atoms with van der Waals surface area (Å²) in [6.45, 7) is 0. The molecule has 0 bridgehead atoms. The van der Waals surface area contributed by atoms with Crippen molar-refractivity contribution in [1.82, 2.24) is 4.98 Å². The fraction of sp³-hybridized carbons (Fsp3) is 0.0556. The number of aromatic nitrogens is 1. The van der Waals surface area contributed by atoms with Crippen LogP contribution in [-0.4, -0.2) is 10.9 Å². The van der Waals surface area contributed by atoms with Gasteiger partial charge in [0.2, 0.25) is 0 Å². The molecule has 1 aliphatic heterocycles. The fourth-order valence-corrected chi connectivity index (χ4v) is 2.84. The Morgan fingerprint density at radius 1 is 0.864 bits per heavy atom. The van der Waals surface area contributed by atoms with Gasteiger partial charge in [-0.25, -0.2) is 0 Å². The molecule has 0 spiro atoms. The molecule has 0 saturated heterocycles. The predicted octanol–water partition coefficient (Wildman–Crippen LogP) is 3.79. The molecule has 0 saturated carbocycles. The van der Waals surface area contributed by atoms with Gasteiger partial charge in [-0.2, -0.15) is 0 Å². The normalized spacial score (nSPS) is 17.0. The average molecular weight is 289 g/mol. The number of hydrogen-bond acceptors (Lipinski definition) is 2. The van der Waals surface area contributed by atoms with Crippen molar-refractivity contribution in [2.45, 2.75) is 6.17 Å². The zero-order chi connectivity index (χ0) is 14.9. The molecule has 22 heavy (non-hydrogen) atoms. The Morgan fingerprint density at radius 3 is 2.41 bits per heavy atom. The van der Waals surface area contributed by atoms with E-state index in [9.17, 15) is 4.79 Å². The van der Waals surface area contributed by atoms with Crippen molar-refractivity contribution in [3.8, 4) is 0 Å². The van der Waals surface area contributed by atoms with Crippen LogP contribution in [0.25, 0.3) is 0 Å². The van der Waals surface area contributed by atoms with Crippen LogP contribution in [-0.2, 0) is 0 Å². The van der Waals surface area contributed by atoms with E-state index in [0.29, 0.717) is 5.56 Å². The van der Waals surface area contributed by atoms with Crippen LogP contribution in [0.5, 0.6) is 0 Å². The molecule has 3 aromatic rings. The van der Waals surface area contributed by atoms with E-state index in [4.69, 9.17) is 0 Å². The summed E-state index contributed by atoms with van der Waals surface area (Å²) in [6, 6.07) is 21.2. The fourth-order valence-electron chi connectivity index (χ4n) is 2.84. The van der Waals surface area contributed by atoms with E-state index in [0.717, 1.165) is 17.1 Å². The molecular weight excluding hydrogens is 274 g/mol. The Morgan fingerprint density at radius 2 is 1.64 bits per heavy atom. The number of para-hydroxylation sites is 2. The molecule has 4 nitrogen and oxygen atoms in total. The average Bonchev–Trinajstić information content (AvgIpc) is 3.10. The summed E-state index contributed by atoms with van der Waals surface area (Å²) < 4.78 is 0. The number of H-pyrrole nitrogens is 1. The third-order valence-electron chi connectivity index (χ3n) is 3.88. The van der Waals surface area contributed by atoms with Crippen LogP contribution in [0, 0.1) is 0 Å². The summed E-state index contributed by atoms with van der Waals surface area (Å²) in [7, 11) is 0. The minimum Gasteiger partial charge on any atom is -0.362 e. The van der Waals surface area contributed by atoms with Gasteiger partial charge >= 0.3 is 0 Å². The SMILES string of the molecule is O=C1c2ccccc2NC(c2ccc[nH]2)N1c1ccccc1. The van der Waals surface area contributed by atoms with Gasteiger partial charge in [0, 0.05) is 17.6 Å². The standard InChI is InChI=1S/C18H15N3O/c22-18-14-9-4-5-10-15(14)20-17(16-11-6-12-19-16)21(18)13-7-2-1-3-8-13/h1-12,17,19-20H. The maximum Gasteiger partial charge on any atom is 0.262 e. The molecule has 4 heteroatoms. The Bertz CT molecular complexity index is 796. The third-order valence-corrected chi connectivity index (χ3v) is 3.88. The summed E-state index contributed by atoms with van der Waals surface area (Å²) in [6.07, 6.45) is 1.62. The molecule has 1 aliphatic rings. The molecule has 1 aromatic heterocycles. The van der Waals surface area contributed by atoms with E-state index in [2.05, 4.69) is 10.3 Å². The molecule has 1 atom stereocenters. The van der Waals surface area contributed by atoms with Crippen LogP contribution in [0.3, 0.4) is 0 Å². The van der Waals surface area contributed by atoms with Crippen molar-refractivity contribution in [3.63, 3.8) is 0 Å². The summed E-state index contributed by atoms with van der Waals surface area (Å²) in [5, 5.41) is 3.45. The number of carbonyl (C=O) groups is 1. The molecule has 0 fully saturated rings. The molecule has 4 rings (SSSR count). The lowest BCUT2D eigenvalue weighted by Crippen LogP contribution is -2.43. The highest BCUT2D eigenvalue weighted by Crippen LogP contribution is 2.35. The van der Waals surface area contributed by atoms with Gasteiger partial charge in [0.1, 0.15) is 6.17 Å². The van der Waals surface area contributed by atoms with E-state index in [-0.39, 0.29) is 12.1 Å². The molecular formula is C18H15N3O. The summed E-state index contributed by atoms with van der Waals surface area (Å²) in [5.41, 5.74) is 3.37. The monoisotopic (exact) mass is 289 g/mol. The number of nitrogens with one attached hydrogen (secondary N) is 2. The second kappa shape index (κ2) is 5.07. The van der Waals surface area contributed by atoms with Gasteiger partial charge in [-0.15, -0.1) is 0 Å². The van der Waals surface area contributed by atoms with E-state index in [1.807, 2.05) is 72.9 Å². The first-order valence-electron chi connectivity index (χ1n) is 7.22. The lowest BCUT2D eigenvalue weighted by molar-refractivity contribution is 0.0974. The van der Waals surface area contributed by atoms with Crippen molar-refractivity contribution in [3.05, 3.63) is 84.2 Å². The van der Waals surface area contributed by atoms with Crippen LogP contribution < -0.4 is 10.2 Å². The van der Waals surface area contributed by atoms with E-state index in [1.165, 1.54) is 0 Å². The van der Waals surface area contributed by atoms with Crippen molar-refractivity contribution in [2.75, 3.05) is 10.2 Å². The van der Waals surface area contributed by atoms with Crippen LogP contribution in [0.1, 0.15) is 22.2 Å². The molecule has 2 aromatic carbocycles. The second-order valence-corrected chi connectivity index (χ2v) is 5.23. The molecule has 2 heterocycles. The van der Waals surface area contributed by atoms with Crippen molar-refractivity contribution < 1.29 is 4.79 Å². The molecule has 2 N–H and O–H groups in total. The number of benzene rings is 2. The van der Waals surface area contributed by atoms with Crippen LogP contribution in [0.4, 0.5) is 11.4 Å². The number of nitrogens with zero attached hydrogens (tertiary/aromatic N) is 1. The highest BCUT2D eigenvalue weighted by molar-refractivity contribution is 6.12. The highest BCUT2D eigenvalue weighted by Gasteiger charge is 2.34. The number of carbonyl (C=O) groups excluding carboxylic acids is 1. The minimum atomic E-state index is -0.250. The first kappa shape index (κ1) is 12.7. The van der Waals surface area contributed by atoms with Gasteiger partial charge in [-0.3, -0.25) is 9.69 Å². The van der Waals surface area contributed by atoms with Gasteiger partial charge in [0.15, 0.2) is 0 Å². The molecule has 1 amide bonds. The van der Waals surface area contributed by atoms with Crippen LogP contribution in [0.2, 0.25) is 0 Å². The number of anilines is 2. The summed E-state index contributed by atoms with van der Waals surface area (Å²) >= 11 is 0. The molecule has 108 valence electrons. The number of rotatable bonds is 2. The number of aromatic amines is 1. The maximum absolute atomic E-state index is 13.0. The Balaban J connectivity index is 1.87. The first-order chi connectivity index (χ1) is 10.8. The second-order valence-electron chi connectivity index (χ2n) is 5.23. The highest BCUT2D eigenvalue weighted by atomic mass is 16.2. The zero-order valence-corrected chi connectivity index (χ0v) is 11.9. The Kier molecular flexibility index (Phi) is 2.93. The topological polar surface area (TPSA) is 48.1 Å². The van der Waals surface area contributed by atoms with E-state index < -0.39 is 0 Å². The quantitative estimate of drug-likeness (QED) is 0.754. The molecule has 0 radical (unpaired) electrons. The Hall–Kier alpha value is -3.01. The smallest absolute Gasteiger partial charge is 0.262 e. The van der Waals surface area contributed by atoms with E-state index in [1.54, 1.807) is 4.90 Å². The first-order valence-corrected chi connectivity index (χ1v) is 7.22. The minimum absolute atomic E-state index is 0.000139. The van der Waals surface area contributed by atoms with Gasteiger partial charge < -0.3 is 10.3 Å². The van der Waals surface area contributed by atoms with Gasteiger partial charge in [0.25, 0.3) is 5.91 Å². The third kappa shape index (κ3) is 1.97. The van der Waals surface area contributed by atoms with Gasteiger partial charge in [-0.05, 0) is 36.4 Å².